The Bertz CT molecular complexity index is 390. The van der Waals surface area contributed by atoms with Gasteiger partial charge in [0.15, 0.2) is 0 Å². The SMILES string of the molecule is CCC(CC)C(O)CNC1COCc2ccccc21. The molecule has 19 heavy (non-hydrogen) atoms. The number of benzene rings is 1. The van der Waals surface area contributed by atoms with Crippen molar-refractivity contribution in [2.75, 3.05) is 13.2 Å². The van der Waals surface area contributed by atoms with Gasteiger partial charge in [0.2, 0.25) is 0 Å². The van der Waals surface area contributed by atoms with E-state index < -0.39 is 0 Å². The molecule has 0 radical (unpaired) electrons. The molecule has 0 aliphatic carbocycles. The van der Waals surface area contributed by atoms with Crippen LogP contribution >= 0.6 is 0 Å². The van der Waals surface area contributed by atoms with Crippen molar-refractivity contribution in [2.24, 2.45) is 5.92 Å². The number of hydrogen-bond acceptors (Lipinski definition) is 3. The van der Waals surface area contributed by atoms with E-state index in [1.807, 2.05) is 6.07 Å². The van der Waals surface area contributed by atoms with Crippen LogP contribution in [-0.2, 0) is 11.3 Å². The summed E-state index contributed by atoms with van der Waals surface area (Å²) in [7, 11) is 0. The molecule has 1 aromatic rings. The highest BCUT2D eigenvalue weighted by Gasteiger charge is 2.22. The Kier molecular flexibility index (Phi) is 5.37. The standard InChI is InChI=1S/C16H25NO2/c1-3-12(4-2)16(18)9-17-15-11-19-10-13-7-5-6-8-14(13)15/h5-8,12,15-18H,3-4,9-11H2,1-2H3. The molecule has 0 fully saturated rings. The highest BCUT2D eigenvalue weighted by Crippen LogP contribution is 2.24. The average Bonchev–Trinajstić information content (AvgIpc) is 2.46. The summed E-state index contributed by atoms with van der Waals surface area (Å²) in [5.41, 5.74) is 2.56. The number of rotatable bonds is 6. The maximum atomic E-state index is 10.2. The third kappa shape index (κ3) is 3.56. The molecule has 1 aromatic carbocycles. The van der Waals surface area contributed by atoms with E-state index in [1.165, 1.54) is 11.1 Å². The van der Waals surface area contributed by atoms with Crippen LogP contribution in [0, 0.1) is 5.92 Å². The summed E-state index contributed by atoms with van der Waals surface area (Å²) in [6.07, 6.45) is 1.78. The molecule has 106 valence electrons. The van der Waals surface area contributed by atoms with Crippen molar-refractivity contribution in [2.45, 2.75) is 45.4 Å². The smallest absolute Gasteiger partial charge is 0.0721 e. The molecule has 0 bridgehead atoms. The Morgan fingerprint density at radius 1 is 1.32 bits per heavy atom. The van der Waals surface area contributed by atoms with Crippen molar-refractivity contribution in [3.05, 3.63) is 35.4 Å². The number of nitrogens with one attached hydrogen (secondary N) is 1. The topological polar surface area (TPSA) is 41.5 Å². The number of ether oxygens (including phenoxy) is 1. The van der Waals surface area contributed by atoms with Crippen LogP contribution in [0.5, 0.6) is 0 Å². The average molecular weight is 263 g/mol. The second-order valence-electron chi connectivity index (χ2n) is 5.32. The van der Waals surface area contributed by atoms with Gasteiger partial charge < -0.3 is 15.2 Å². The van der Waals surface area contributed by atoms with Gasteiger partial charge in [-0.25, -0.2) is 0 Å². The van der Waals surface area contributed by atoms with Crippen LogP contribution in [-0.4, -0.2) is 24.4 Å². The first kappa shape index (κ1) is 14.5. The highest BCUT2D eigenvalue weighted by atomic mass is 16.5. The summed E-state index contributed by atoms with van der Waals surface area (Å²) >= 11 is 0. The minimum absolute atomic E-state index is 0.203. The van der Waals surface area contributed by atoms with Crippen molar-refractivity contribution in [3.63, 3.8) is 0 Å². The van der Waals surface area contributed by atoms with Crippen molar-refractivity contribution < 1.29 is 9.84 Å². The molecule has 1 aliphatic heterocycles. The molecule has 2 unspecified atom stereocenters. The maximum Gasteiger partial charge on any atom is 0.0721 e. The largest absolute Gasteiger partial charge is 0.392 e. The van der Waals surface area contributed by atoms with E-state index in [4.69, 9.17) is 4.74 Å². The van der Waals surface area contributed by atoms with Gasteiger partial charge in [-0.15, -0.1) is 0 Å². The lowest BCUT2D eigenvalue weighted by Crippen LogP contribution is -2.37. The first-order chi connectivity index (χ1) is 9.26. The Morgan fingerprint density at radius 2 is 2.05 bits per heavy atom. The lowest BCUT2D eigenvalue weighted by molar-refractivity contribution is 0.0640. The van der Waals surface area contributed by atoms with Gasteiger partial charge in [0.1, 0.15) is 0 Å². The molecule has 0 aromatic heterocycles. The fourth-order valence-electron chi connectivity index (χ4n) is 2.81. The predicted molar refractivity (Wildman–Crippen MR) is 76.9 cm³/mol. The van der Waals surface area contributed by atoms with Gasteiger partial charge in [-0.1, -0.05) is 51.0 Å². The minimum Gasteiger partial charge on any atom is -0.392 e. The van der Waals surface area contributed by atoms with E-state index in [1.54, 1.807) is 0 Å². The molecule has 3 nitrogen and oxygen atoms in total. The number of fused-ring (bicyclic) bond motifs is 1. The van der Waals surface area contributed by atoms with Crippen LogP contribution in [0.3, 0.4) is 0 Å². The molecule has 2 atom stereocenters. The van der Waals surface area contributed by atoms with Crippen LogP contribution in [0.1, 0.15) is 43.9 Å². The fourth-order valence-corrected chi connectivity index (χ4v) is 2.81. The Morgan fingerprint density at radius 3 is 2.79 bits per heavy atom. The molecule has 2 rings (SSSR count). The van der Waals surface area contributed by atoms with E-state index in [9.17, 15) is 5.11 Å². The van der Waals surface area contributed by atoms with Gasteiger partial charge >= 0.3 is 0 Å². The van der Waals surface area contributed by atoms with Crippen molar-refractivity contribution in [1.29, 1.82) is 0 Å². The molecule has 0 amide bonds. The van der Waals surface area contributed by atoms with Crippen LogP contribution in [0.4, 0.5) is 0 Å². The van der Waals surface area contributed by atoms with Crippen LogP contribution in [0.15, 0.2) is 24.3 Å². The minimum atomic E-state index is -0.274. The summed E-state index contributed by atoms with van der Waals surface area (Å²) in [5.74, 6) is 0.382. The lowest BCUT2D eigenvalue weighted by atomic mass is 9.95. The molecule has 0 saturated heterocycles. The lowest BCUT2D eigenvalue weighted by Gasteiger charge is -2.29. The zero-order chi connectivity index (χ0) is 13.7. The molecule has 1 heterocycles. The van der Waals surface area contributed by atoms with Crippen LogP contribution in [0.2, 0.25) is 0 Å². The van der Waals surface area contributed by atoms with Crippen LogP contribution < -0.4 is 5.32 Å². The van der Waals surface area contributed by atoms with Gasteiger partial charge in [-0.05, 0) is 17.0 Å². The predicted octanol–water partition coefficient (Wildman–Crippen LogP) is 2.64. The normalized spacial score (nSPS) is 20.3. The number of aliphatic hydroxyl groups excluding tert-OH is 1. The summed E-state index contributed by atoms with van der Waals surface area (Å²) in [4.78, 5) is 0. The van der Waals surface area contributed by atoms with Gasteiger partial charge in [0.05, 0.1) is 25.4 Å². The third-order valence-corrected chi connectivity index (χ3v) is 4.14. The zero-order valence-electron chi connectivity index (χ0n) is 11.9. The highest BCUT2D eigenvalue weighted by molar-refractivity contribution is 5.31. The maximum absolute atomic E-state index is 10.2. The quantitative estimate of drug-likeness (QED) is 0.829. The molecular weight excluding hydrogens is 238 g/mol. The summed E-state index contributed by atoms with van der Waals surface area (Å²) < 4.78 is 5.61. The molecule has 0 saturated carbocycles. The van der Waals surface area contributed by atoms with Crippen molar-refractivity contribution in [3.8, 4) is 0 Å². The second kappa shape index (κ2) is 7.04. The van der Waals surface area contributed by atoms with E-state index in [-0.39, 0.29) is 12.1 Å². The number of aliphatic hydroxyl groups is 1. The van der Waals surface area contributed by atoms with Crippen LogP contribution in [0.25, 0.3) is 0 Å². The Hall–Kier alpha value is -0.900. The Balaban J connectivity index is 1.94. The van der Waals surface area contributed by atoms with Gasteiger partial charge in [-0.3, -0.25) is 0 Å². The van der Waals surface area contributed by atoms with E-state index in [0.29, 0.717) is 25.7 Å². The fraction of sp³-hybridized carbons (Fsp3) is 0.625. The monoisotopic (exact) mass is 263 g/mol. The van der Waals surface area contributed by atoms with E-state index >= 15 is 0 Å². The van der Waals surface area contributed by atoms with Gasteiger partial charge in [-0.2, -0.15) is 0 Å². The first-order valence-electron chi connectivity index (χ1n) is 7.33. The molecule has 1 aliphatic rings. The van der Waals surface area contributed by atoms with Gasteiger partial charge in [0.25, 0.3) is 0 Å². The molecule has 3 heteroatoms. The van der Waals surface area contributed by atoms with Crippen molar-refractivity contribution in [1.82, 2.24) is 5.32 Å². The summed E-state index contributed by atoms with van der Waals surface area (Å²) in [6.45, 7) is 6.29. The summed E-state index contributed by atoms with van der Waals surface area (Å²) in [5, 5.41) is 13.6. The van der Waals surface area contributed by atoms with Gasteiger partial charge in [0, 0.05) is 6.54 Å². The molecule has 2 N–H and O–H groups in total. The second-order valence-corrected chi connectivity index (χ2v) is 5.32. The number of hydrogen-bond donors (Lipinski definition) is 2. The first-order valence-corrected chi connectivity index (χ1v) is 7.33. The van der Waals surface area contributed by atoms with Crippen molar-refractivity contribution >= 4 is 0 Å². The Labute approximate surface area is 116 Å². The third-order valence-electron chi connectivity index (χ3n) is 4.14. The summed E-state index contributed by atoms with van der Waals surface area (Å²) in [6, 6.07) is 8.58. The molecular formula is C16H25NO2. The molecule has 0 spiro atoms. The van der Waals surface area contributed by atoms with E-state index in [2.05, 4.69) is 37.4 Å². The zero-order valence-corrected chi connectivity index (χ0v) is 11.9. The van der Waals surface area contributed by atoms with E-state index in [0.717, 1.165) is 12.8 Å².